The quantitative estimate of drug-likeness (QED) is 0.231. The molecule has 0 saturated carbocycles. The van der Waals surface area contributed by atoms with E-state index in [0.29, 0.717) is 0 Å². The van der Waals surface area contributed by atoms with Crippen LogP contribution >= 0.6 is 0 Å². The third kappa shape index (κ3) is 6.05. The molecule has 0 N–H and O–H groups in total. The number of benzene rings is 4. The van der Waals surface area contributed by atoms with Gasteiger partial charge in [0, 0.05) is 6.42 Å². The topological polar surface area (TPSA) is 18.5 Å². The van der Waals surface area contributed by atoms with Crippen molar-refractivity contribution in [3.05, 3.63) is 96.1 Å². The zero-order valence-corrected chi connectivity index (χ0v) is 23.7. The Bertz CT molecular complexity index is 1290. The van der Waals surface area contributed by atoms with Crippen molar-refractivity contribution in [1.29, 1.82) is 0 Å². The summed E-state index contributed by atoms with van der Waals surface area (Å²) in [5.74, 6) is 0. The lowest BCUT2D eigenvalue weighted by Crippen LogP contribution is -2.41. The minimum absolute atomic E-state index is 0.0379. The molecule has 2 nitrogen and oxygen atoms in total. The normalized spacial score (nSPS) is 15.4. The van der Waals surface area contributed by atoms with E-state index in [9.17, 15) is 0 Å². The predicted octanol–water partition coefficient (Wildman–Crippen LogP) is 9.04. The lowest BCUT2D eigenvalue weighted by Gasteiger charge is -2.40. The van der Waals surface area contributed by atoms with E-state index >= 15 is 0 Å². The summed E-state index contributed by atoms with van der Waals surface area (Å²) in [6.45, 7) is 15.9. The van der Waals surface area contributed by atoms with Crippen molar-refractivity contribution in [3.63, 3.8) is 0 Å². The second kappa shape index (κ2) is 9.42. The molecule has 0 saturated heterocycles. The number of fused-ring (bicyclic) bond motifs is 2. The first-order valence-corrected chi connectivity index (χ1v) is 19.1. The molecule has 0 aliphatic carbocycles. The molecule has 0 spiro atoms. The van der Waals surface area contributed by atoms with Crippen LogP contribution in [0.15, 0.2) is 84.9 Å². The molecule has 0 radical (unpaired) electrons. The van der Waals surface area contributed by atoms with Crippen LogP contribution in [-0.4, -0.2) is 16.6 Å². The van der Waals surface area contributed by atoms with Gasteiger partial charge in [0.05, 0.1) is 11.7 Å². The Balaban J connectivity index is 1.80. The van der Waals surface area contributed by atoms with Gasteiger partial charge in [0.1, 0.15) is 0 Å². The Hall–Kier alpha value is -2.25. The minimum atomic E-state index is -1.86. The van der Waals surface area contributed by atoms with Crippen LogP contribution in [0.25, 0.3) is 21.5 Å². The van der Waals surface area contributed by atoms with Crippen molar-refractivity contribution < 1.29 is 8.85 Å². The Morgan fingerprint density at radius 2 is 1.18 bits per heavy atom. The molecule has 2 atom stereocenters. The van der Waals surface area contributed by atoms with Gasteiger partial charge in [-0.3, -0.25) is 0 Å². The molecule has 4 aromatic carbocycles. The third-order valence-corrected chi connectivity index (χ3v) is 8.16. The van der Waals surface area contributed by atoms with Gasteiger partial charge in [-0.15, -0.1) is 0 Å². The Morgan fingerprint density at radius 1 is 0.647 bits per heavy atom. The van der Waals surface area contributed by atoms with Gasteiger partial charge in [0.15, 0.2) is 16.6 Å². The molecule has 0 bridgehead atoms. The van der Waals surface area contributed by atoms with E-state index in [1.165, 1.54) is 32.7 Å². The lowest BCUT2D eigenvalue weighted by atomic mass is 9.86. The van der Waals surface area contributed by atoms with Crippen LogP contribution < -0.4 is 0 Å². The molecule has 4 rings (SSSR count). The van der Waals surface area contributed by atoms with Crippen molar-refractivity contribution in [3.8, 4) is 0 Å². The molecule has 34 heavy (non-hydrogen) atoms. The summed E-state index contributed by atoms with van der Waals surface area (Å²) >= 11 is 0. The summed E-state index contributed by atoms with van der Waals surface area (Å²) in [5.41, 5.74) is 2.00. The third-order valence-electron chi connectivity index (χ3n) is 6.11. The van der Waals surface area contributed by atoms with Gasteiger partial charge >= 0.3 is 0 Å². The SMILES string of the molecule is CC(CC(O[Si](C)(C)C)c1ccc2ccccc2c1)(O[Si](C)(C)C)c1ccc2ccccc2c1. The highest BCUT2D eigenvalue weighted by atomic mass is 28.4. The molecule has 0 aliphatic rings. The van der Waals surface area contributed by atoms with E-state index in [4.69, 9.17) is 8.85 Å². The molecule has 0 amide bonds. The van der Waals surface area contributed by atoms with E-state index < -0.39 is 22.2 Å². The lowest BCUT2D eigenvalue weighted by molar-refractivity contribution is 0.0209. The smallest absolute Gasteiger partial charge is 0.184 e. The summed E-state index contributed by atoms with van der Waals surface area (Å²) < 4.78 is 13.9. The standard InChI is InChI=1S/C30H38O2Si2/c1-30(32-34(5,6)7,28-19-18-24-13-9-11-15-26(24)21-28)22-29(31-33(2,3)4)27-17-16-23-12-8-10-14-25(23)20-27/h8-21,29H,22H2,1-7H3. The van der Waals surface area contributed by atoms with Crippen LogP contribution in [0.2, 0.25) is 39.3 Å². The number of hydrogen-bond donors (Lipinski definition) is 0. The fraction of sp³-hybridized carbons (Fsp3) is 0.333. The zero-order valence-electron chi connectivity index (χ0n) is 21.7. The van der Waals surface area contributed by atoms with Crippen LogP contribution in [-0.2, 0) is 14.5 Å². The van der Waals surface area contributed by atoms with Crippen molar-refractivity contribution >= 4 is 38.2 Å². The fourth-order valence-electron chi connectivity index (χ4n) is 4.83. The molecule has 0 heterocycles. The monoisotopic (exact) mass is 486 g/mol. The summed E-state index contributed by atoms with van der Waals surface area (Å²) in [6, 6.07) is 30.6. The predicted molar refractivity (Wildman–Crippen MR) is 151 cm³/mol. The highest BCUT2D eigenvalue weighted by Crippen LogP contribution is 2.41. The van der Waals surface area contributed by atoms with Gasteiger partial charge in [-0.1, -0.05) is 72.8 Å². The Labute approximate surface area is 207 Å². The Kier molecular flexibility index (Phi) is 6.89. The van der Waals surface area contributed by atoms with Crippen LogP contribution in [0.3, 0.4) is 0 Å². The minimum Gasteiger partial charge on any atom is -0.411 e. The maximum atomic E-state index is 6.99. The summed E-state index contributed by atoms with van der Waals surface area (Å²) in [4.78, 5) is 0. The van der Waals surface area contributed by atoms with Crippen molar-refractivity contribution in [2.75, 3.05) is 0 Å². The maximum Gasteiger partial charge on any atom is 0.184 e. The molecular formula is C30H38O2Si2. The van der Waals surface area contributed by atoms with E-state index in [1.807, 2.05) is 0 Å². The highest BCUT2D eigenvalue weighted by Gasteiger charge is 2.38. The zero-order chi connectivity index (χ0) is 24.6. The largest absolute Gasteiger partial charge is 0.411 e. The van der Waals surface area contributed by atoms with Crippen LogP contribution in [0, 0.1) is 0 Å². The molecule has 0 aromatic heterocycles. The molecule has 0 fully saturated rings. The maximum absolute atomic E-state index is 6.99. The van der Waals surface area contributed by atoms with Crippen LogP contribution in [0.4, 0.5) is 0 Å². The first-order valence-electron chi connectivity index (χ1n) is 12.3. The van der Waals surface area contributed by atoms with E-state index in [0.717, 1.165) is 6.42 Å². The second-order valence-electron chi connectivity index (χ2n) is 11.5. The van der Waals surface area contributed by atoms with Crippen molar-refractivity contribution in [2.45, 2.75) is 64.3 Å². The number of hydrogen-bond acceptors (Lipinski definition) is 2. The van der Waals surface area contributed by atoms with Crippen molar-refractivity contribution in [1.82, 2.24) is 0 Å². The van der Waals surface area contributed by atoms with Crippen LogP contribution in [0.5, 0.6) is 0 Å². The highest BCUT2D eigenvalue weighted by molar-refractivity contribution is 6.70. The van der Waals surface area contributed by atoms with Gasteiger partial charge in [-0.25, -0.2) is 0 Å². The molecule has 2 unspecified atom stereocenters. The first-order chi connectivity index (χ1) is 15.9. The van der Waals surface area contributed by atoms with Crippen LogP contribution in [0.1, 0.15) is 30.6 Å². The van der Waals surface area contributed by atoms with Gasteiger partial charge in [-0.2, -0.15) is 0 Å². The van der Waals surface area contributed by atoms with E-state index in [-0.39, 0.29) is 6.10 Å². The molecule has 178 valence electrons. The second-order valence-corrected chi connectivity index (χ2v) is 20.4. The molecule has 0 aliphatic heterocycles. The first kappa shape index (κ1) is 24.9. The van der Waals surface area contributed by atoms with Gasteiger partial charge in [0.2, 0.25) is 0 Å². The van der Waals surface area contributed by atoms with E-state index in [1.54, 1.807) is 0 Å². The fourth-order valence-corrected chi connectivity index (χ4v) is 7.45. The van der Waals surface area contributed by atoms with E-state index in [2.05, 4.69) is 131 Å². The average molecular weight is 487 g/mol. The summed E-state index contributed by atoms with van der Waals surface area (Å²) in [6.07, 6.45) is 0.738. The average Bonchev–Trinajstić information content (AvgIpc) is 2.76. The van der Waals surface area contributed by atoms with Gasteiger partial charge < -0.3 is 8.85 Å². The van der Waals surface area contributed by atoms with Gasteiger partial charge in [0.25, 0.3) is 0 Å². The summed E-state index contributed by atoms with van der Waals surface area (Å²) in [5, 5.41) is 5.01. The number of rotatable bonds is 8. The molecule has 4 aromatic rings. The molecule has 4 heteroatoms. The van der Waals surface area contributed by atoms with Crippen molar-refractivity contribution in [2.24, 2.45) is 0 Å². The molecular weight excluding hydrogens is 449 g/mol. The summed E-state index contributed by atoms with van der Waals surface area (Å²) in [7, 11) is -3.68. The van der Waals surface area contributed by atoms with Gasteiger partial charge in [-0.05, 0) is 91.0 Å². The Morgan fingerprint density at radius 3 is 1.74 bits per heavy atom.